The van der Waals surface area contributed by atoms with Gasteiger partial charge in [-0.05, 0) is 73.1 Å². The Bertz CT molecular complexity index is 3610. The van der Waals surface area contributed by atoms with E-state index in [1.165, 1.54) is 4.90 Å². The van der Waals surface area contributed by atoms with Gasteiger partial charge in [0.15, 0.2) is 17.5 Å². The Morgan fingerprint density at radius 3 is 2.27 bits per heavy atom. The monoisotopic (exact) mass is 1230 g/mol. The highest BCUT2D eigenvalue weighted by molar-refractivity contribution is 6.03. The Hall–Kier alpha value is -8.78. The third-order valence-electron chi connectivity index (χ3n) is 16.8. The van der Waals surface area contributed by atoms with Gasteiger partial charge in [0, 0.05) is 73.2 Å². The van der Waals surface area contributed by atoms with Crippen LogP contribution in [0.1, 0.15) is 109 Å². The molecule has 9 rings (SSSR count). The summed E-state index contributed by atoms with van der Waals surface area (Å²) in [5, 5.41) is 28.3. The molecule has 3 aliphatic heterocycles. The number of rotatable bonds is 30. The fourth-order valence-electron chi connectivity index (χ4n) is 11.8. The van der Waals surface area contributed by atoms with Gasteiger partial charge >= 0.3 is 5.97 Å². The second-order valence-corrected chi connectivity index (χ2v) is 22.7. The van der Waals surface area contributed by atoms with E-state index in [9.17, 15) is 53.1 Å². The molecule has 0 radical (unpaired) electrons. The summed E-state index contributed by atoms with van der Waals surface area (Å²) in [6.07, 6.45) is 4.64. The first-order chi connectivity index (χ1) is 42.8. The summed E-state index contributed by atoms with van der Waals surface area (Å²) in [6, 6.07) is 16.8. The number of carbonyl (C=O) groups is 9. The molecule has 0 saturated carbocycles. The molecule has 2 aromatic carbocycles. The minimum absolute atomic E-state index is 0.0253. The van der Waals surface area contributed by atoms with Gasteiger partial charge in [-0.1, -0.05) is 50.2 Å². The van der Waals surface area contributed by atoms with Crippen molar-refractivity contribution in [2.75, 3.05) is 65.9 Å². The summed E-state index contributed by atoms with van der Waals surface area (Å²) in [4.78, 5) is 136. The molecule has 25 heteroatoms. The third-order valence-corrected chi connectivity index (χ3v) is 16.8. The molecule has 0 spiro atoms. The molecule has 3 aromatic heterocycles. The average Bonchev–Trinajstić information content (AvgIpc) is 1.65. The van der Waals surface area contributed by atoms with Crippen molar-refractivity contribution in [3.8, 4) is 11.4 Å². The second-order valence-electron chi connectivity index (χ2n) is 22.7. The zero-order chi connectivity index (χ0) is 63.4. The van der Waals surface area contributed by atoms with Crippen LogP contribution in [0.4, 0.5) is 0 Å². The molecule has 0 bridgehead atoms. The van der Waals surface area contributed by atoms with Gasteiger partial charge in [0.05, 0.1) is 94.1 Å². The van der Waals surface area contributed by atoms with Crippen LogP contribution in [-0.4, -0.2) is 145 Å². The van der Waals surface area contributed by atoms with E-state index in [-0.39, 0.29) is 150 Å². The van der Waals surface area contributed by atoms with Gasteiger partial charge in [-0.15, -0.1) is 0 Å². The highest BCUT2D eigenvalue weighted by Gasteiger charge is 2.46. The number of pyridine rings is 3. The number of nitrogens with one attached hydrogen (secondary N) is 6. The number of aliphatic hydroxyl groups is 1. The molecule has 1 fully saturated rings. The minimum atomic E-state index is -1.96. The van der Waals surface area contributed by atoms with E-state index >= 15 is 0 Å². The molecule has 472 valence electrons. The number of aromatic nitrogens is 3. The van der Waals surface area contributed by atoms with Crippen molar-refractivity contribution in [2.24, 2.45) is 5.92 Å². The molecular formula is C64H77N10O15+. The van der Waals surface area contributed by atoms with E-state index < -0.39 is 54.3 Å². The van der Waals surface area contributed by atoms with Gasteiger partial charge in [-0.2, -0.15) is 0 Å². The molecule has 6 heterocycles. The van der Waals surface area contributed by atoms with Crippen LogP contribution in [0.5, 0.6) is 0 Å². The molecule has 5 aromatic rings. The smallest absolute Gasteiger partial charge is 0.343 e. The molecule has 1 unspecified atom stereocenters. The Balaban J connectivity index is 0.640. The summed E-state index contributed by atoms with van der Waals surface area (Å²) in [5.74, 6) is -4.54. The Morgan fingerprint density at radius 1 is 0.809 bits per heavy atom. The number of fused-ring (bicyclic) bond motifs is 5. The lowest BCUT2D eigenvalue weighted by Crippen LogP contribution is -2.52. The quantitative estimate of drug-likeness (QED) is 0.0109. The lowest BCUT2D eigenvalue weighted by atomic mass is 9.80. The van der Waals surface area contributed by atoms with Crippen LogP contribution in [0.15, 0.2) is 71.7 Å². The van der Waals surface area contributed by atoms with Crippen LogP contribution in [0.3, 0.4) is 0 Å². The van der Waals surface area contributed by atoms with Crippen molar-refractivity contribution in [1.29, 1.82) is 0 Å². The molecular weight excluding hydrogens is 1150 g/mol. The number of likely N-dealkylation sites (tertiary alicyclic amines) is 1. The maximum atomic E-state index is 14.0. The minimum Gasteiger partial charge on any atom is -0.458 e. The SMILES string of the molecule is CC[C@@]1(O)C(=O)OCc2c1cc1n(c2=O)Cc2c-1nc1cc(C)c(C)c3c1c2[C@@H](NC(=O)CCOCCOCCOCNC(=O)CNC(=O)[C@H](Cc1ccccc1)NC(=O)CNC(=O)CNC(=O)CCC[n+]1ccccc1CCN1C(=O)CC(C)C1=O)CC3. The van der Waals surface area contributed by atoms with Gasteiger partial charge in [0.2, 0.25) is 47.3 Å². The van der Waals surface area contributed by atoms with E-state index in [1.54, 1.807) is 54.8 Å². The van der Waals surface area contributed by atoms with Crippen molar-refractivity contribution in [2.45, 2.75) is 123 Å². The lowest BCUT2D eigenvalue weighted by Gasteiger charge is -2.31. The summed E-state index contributed by atoms with van der Waals surface area (Å²) >= 11 is 0. The number of esters is 1. The number of nitrogens with zero attached hydrogens (tertiary/aromatic N) is 4. The van der Waals surface area contributed by atoms with Gasteiger partial charge in [-0.3, -0.25) is 48.1 Å². The molecule has 1 aliphatic carbocycles. The molecule has 4 aliphatic rings. The maximum absolute atomic E-state index is 14.0. The number of hydrogen-bond donors (Lipinski definition) is 7. The topological polar surface area (TPSA) is 325 Å². The standard InChI is InChI=1S/C64H76N10O15/c1-5-64(85)46-31-50-59-44(35-74(50)62(83)45(46)36-89-63(64)84)58-47(17-16-43-40(4)38(2)28-48(71-59)57(43)58)69-52(76)19-23-86-24-25-87-26-27-88-37-68-54(78)33-67-60(81)49(30-41-12-7-6-8-13-41)70-55(79)34-66-53(77)32-65-51(75)15-11-21-72-20-10-9-14-42(72)18-22-73-56(80)29-39(3)61(73)82/h6-10,12-14,20,28,31,39,47,49,85H,5,11,15-19,21-27,29-30,32-37H2,1-4H3,(H5-,65,66,67,68,69,70,75,76,77,78,79,81)/p+1/t39?,47-,49-,64-/m0/s1. The van der Waals surface area contributed by atoms with Gasteiger partial charge in [0.1, 0.15) is 25.9 Å². The number of ether oxygens (including phenoxy) is 4. The number of hydrogen-bond acceptors (Lipinski definition) is 16. The van der Waals surface area contributed by atoms with Crippen LogP contribution in [0, 0.1) is 19.8 Å². The zero-order valence-electron chi connectivity index (χ0n) is 50.6. The first-order valence-electron chi connectivity index (χ1n) is 30.2. The van der Waals surface area contributed by atoms with Crippen molar-refractivity contribution in [1.82, 2.24) is 46.4 Å². The number of amides is 8. The fraction of sp³-hybridized carbons (Fsp3) is 0.469. The molecule has 8 amide bonds. The number of aryl methyl sites for hydroxylation is 3. The van der Waals surface area contributed by atoms with E-state index in [0.29, 0.717) is 43.6 Å². The van der Waals surface area contributed by atoms with E-state index in [0.717, 1.165) is 50.0 Å². The Morgan fingerprint density at radius 2 is 1.52 bits per heavy atom. The highest BCUT2D eigenvalue weighted by Crippen LogP contribution is 2.46. The van der Waals surface area contributed by atoms with Crippen LogP contribution >= 0.6 is 0 Å². The first kappa shape index (κ1) is 64.7. The number of benzene rings is 2. The van der Waals surface area contributed by atoms with Crippen LogP contribution in [0.2, 0.25) is 0 Å². The molecule has 1 saturated heterocycles. The highest BCUT2D eigenvalue weighted by atomic mass is 16.6. The fourth-order valence-corrected chi connectivity index (χ4v) is 11.8. The first-order valence-corrected chi connectivity index (χ1v) is 30.2. The zero-order valence-corrected chi connectivity index (χ0v) is 50.6. The summed E-state index contributed by atoms with van der Waals surface area (Å²) in [6.45, 7) is 7.63. The Kier molecular flexibility index (Phi) is 21.4. The van der Waals surface area contributed by atoms with Crippen molar-refractivity contribution in [3.63, 3.8) is 0 Å². The molecule has 7 N–H and O–H groups in total. The lowest BCUT2D eigenvalue weighted by molar-refractivity contribution is -0.704. The number of carbonyl (C=O) groups excluding carboxylic acids is 9. The molecule has 89 heavy (non-hydrogen) atoms. The largest absolute Gasteiger partial charge is 0.458 e. The molecule has 4 atom stereocenters. The maximum Gasteiger partial charge on any atom is 0.343 e. The molecule has 25 nitrogen and oxygen atoms in total. The van der Waals surface area contributed by atoms with E-state index in [4.69, 9.17) is 23.9 Å². The van der Waals surface area contributed by atoms with E-state index in [2.05, 4.69) is 38.8 Å². The van der Waals surface area contributed by atoms with Crippen molar-refractivity contribution < 1.29 is 71.8 Å². The van der Waals surface area contributed by atoms with Gasteiger partial charge in [0.25, 0.3) is 5.56 Å². The van der Waals surface area contributed by atoms with Crippen molar-refractivity contribution in [3.05, 3.63) is 127 Å². The number of imide groups is 1. The summed E-state index contributed by atoms with van der Waals surface area (Å²) in [5.41, 5.74) is 6.69. The van der Waals surface area contributed by atoms with Gasteiger partial charge < -0.3 is 60.5 Å². The predicted octanol–water partition coefficient (Wildman–Crippen LogP) is 1.10. The van der Waals surface area contributed by atoms with Crippen molar-refractivity contribution >= 4 is 64.1 Å². The number of cyclic esters (lactones) is 1. The average molecular weight is 1230 g/mol. The van der Waals surface area contributed by atoms with Crippen LogP contribution in [-0.2, 0) is 107 Å². The van der Waals surface area contributed by atoms with Crippen LogP contribution in [0.25, 0.3) is 22.3 Å². The second kappa shape index (κ2) is 29.5. The van der Waals surface area contributed by atoms with Gasteiger partial charge in [-0.25, -0.2) is 14.3 Å². The van der Waals surface area contributed by atoms with E-state index in [1.807, 2.05) is 42.0 Å². The summed E-state index contributed by atoms with van der Waals surface area (Å²) in [7, 11) is 0. The predicted molar refractivity (Wildman–Crippen MR) is 320 cm³/mol. The third kappa shape index (κ3) is 15.4. The Labute approximate surface area is 513 Å². The normalized spacial score (nSPS) is 17.5. The van der Waals surface area contributed by atoms with Crippen LogP contribution < -0.4 is 42.0 Å². The summed E-state index contributed by atoms with van der Waals surface area (Å²) < 4.78 is 25.6.